The third-order valence-electron chi connectivity index (χ3n) is 4.54. The van der Waals surface area contributed by atoms with Crippen LogP contribution in [0.15, 0.2) is 0 Å². The van der Waals surface area contributed by atoms with Gasteiger partial charge in [0.1, 0.15) is 6.61 Å². The SMILES string of the molecule is CC1(NC(=O)N2CCC(OCC(=O)O)CC2)CCCCC1. The van der Waals surface area contributed by atoms with Crippen molar-refractivity contribution >= 4 is 12.0 Å². The number of aliphatic carboxylic acids is 1. The second-order valence-electron chi connectivity index (χ2n) is 6.44. The second kappa shape index (κ2) is 7.11. The maximum Gasteiger partial charge on any atom is 0.329 e. The number of rotatable bonds is 4. The van der Waals surface area contributed by atoms with E-state index in [1.54, 1.807) is 0 Å². The highest BCUT2D eigenvalue weighted by molar-refractivity contribution is 5.75. The van der Waals surface area contributed by atoms with E-state index >= 15 is 0 Å². The number of piperidine rings is 1. The van der Waals surface area contributed by atoms with Gasteiger partial charge in [-0.25, -0.2) is 9.59 Å². The fourth-order valence-electron chi connectivity index (χ4n) is 3.21. The monoisotopic (exact) mass is 298 g/mol. The highest BCUT2D eigenvalue weighted by Gasteiger charge is 2.31. The summed E-state index contributed by atoms with van der Waals surface area (Å²) >= 11 is 0. The Hall–Kier alpha value is -1.30. The molecular formula is C15H26N2O4. The second-order valence-corrected chi connectivity index (χ2v) is 6.44. The Kier molecular flexibility index (Phi) is 5.45. The van der Waals surface area contributed by atoms with E-state index in [1.807, 2.05) is 4.90 Å². The average molecular weight is 298 g/mol. The van der Waals surface area contributed by atoms with E-state index in [-0.39, 0.29) is 24.3 Å². The van der Waals surface area contributed by atoms with E-state index in [1.165, 1.54) is 19.3 Å². The zero-order chi connectivity index (χ0) is 15.3. The normalized spacial score (nSPS) is 22.8. The number of ether oxygens (including phenoxy) is 1. The first-order chi connectivity index (χ1) is 9.98. The van der Waals surface area contributed by atoms with E-state index < -0.39 is 5.97 Å². The molecule has 0 aromatic carbocycles. The van der Waals surface area contributed by atoms with E-state index in [2.05, 4.69) is 12.2 Å². The molecule has 1 aliphatic heterocycles. The standard InChI is InChI=1S/C15H26N2O4/c1-15(7-3-2-4-8-15)16-14(20)17-9-5-12(6-10-17)21-11-13(18)19/h12H,2-11H2,1H3,(H,16,20)(H,18,19). The van der Waals surface area contributed by atoms with Crippen molar-refractivity contribution in [3.63, 3.8) is 0 Å². The van der Waals surface area contributed by atoms with Gasteiger partial charge in [0.15, 0.2) is 0 Å². The maximum atomic E-state index is 12.3. The topological polar surface area (TPSA) is 78.9 Å². The largest absolute Gasteiger partial charge is 0.480 e. The summed E-state index contributed by atoms with van der Waals surface area (Å²) < 4.78 is 5.28. The van der Waals surface area contributed by atoms with E-state index in [9.17, 15) is 9.59 Å². The van der Waals surface area contributed by atoms with Crippen LogP contribution in [0.25, 0.3) is 0 Å². The van der Waals surface area contributed by atoms with Crippen molar-refractivity contribution in [1.29, 1.82) is 0 Å². The number of nitrogens with zero attached hydrogens (tertiary/aromatic N) is 1. The van der Waals surface area contributed by atoms with Gasteiger partial charge >= 0.3 is 12.0 Å². The molecule has 0 unspecified atom stereocenters. The minimum atomic E-state index is -0.944. The summed E-state index contributed by atoms with van der Waals surface area (Å²) in [5, 5.41) is 11.8. The quantitative estimate of drug-likeness (QED) is 0.832. The Morgan fingerprint density at radius 2 is 1.86 bits per heavy atom. The van der Waals surface area contributed by atoms with Crippen molar-refractivity contribution in [2.24, 2.45) is 0 Å². The maximum absolute atomic E-state index is 12.3. The predicted molar refractivity (Wildman–Crippen MR) is 78.2 cm³/mol. The Morgan fingerprint density at radius 1 is 1.24 bits per heavy atom. The van der Waals surface area contributed by atoms with Crippen LogP contribution < -0.4 is 5.32 Å². The number of carboxylic acids is 1. The fourth-order valence-corrected chi connectivity index (χ4v) is 3.21. The van der Waals surface area contributed by atoms with Gasteiger partial charge in [0.2, 0.25) is 0 Å². The molecule has 1 saturated heterocycles. The molecule has 0 atom stereocenters. The lowest BCUT2D eigenvalue weighted by atomic mass is 9.83. The molecular weight excluding hydrogens is 272 g/mol. The molecule has 2 N–H and O–H groups in total. The highest BCUT2D eigenvalue weighted by atomic mass is 16.5. The van der Waals surface area contributed by atoms with Crippen molar-refractivity contribution in [3.8, 4) is 0 Å². The van der Waals surface area contributed by atoms with Gasteiger partial charge in [-0.2, -0.15) is 0 Å². The molecule has 1 aliphatic carbocycles. The number of likely N-dealkylation sites (tertiary alicyclic amines) is 1. The van der Waals surface area contributed by atoms with Crippen molar-refractivity contribution in [2.75, 3.05) is 19.7 Å². The van der Waals surface area contributed by atoms with E-state index in [0.717, 1.165) is 12.8 Å². The van der Waals surface area contributed by atoms with Gasteiger partial charge in [-0.05, 0) is 32.6 Å². The Morgan fingerprint density at radius 3 is 2.43 bits per heavy atom. The van der Waals surface area contributed by atoms with Gasteiger partial charge < -0.3 is 20.1 Å². The molecule has 0 bridgehead atoms. The number of carbonyl (C=O) groups is 2. The number of nitrogens with one attached hydrogen (secondary N) is 1. The molecule has 21 heavy (non-hydrogen) atoms. The molecule has 0 aromatic heterocycles. The number of amides is 2. The van der Waals surface area contributed by atoms with Crippen molar-refractivity contribution in [3.05, 3.63) is 0 Å². The zero-order valence-corrected chi connectivity index (χ0v) is 12.8. The van der Waals surface area contributed by atoms with Gasteiger partial charge in [0.25, 0.3) is 0 Å². The summed E-state index contributed by atoms with van der Waals surface area (Å²) in [6.07, 6.45) is 7.10. The van der Waals surface area contributed by atoms with Crippen LogP contribution in [0.4, 0.5) is 4.79 Å². The van der Waals surface area contributed by atoms with Gasteiger partial charge in [-0.15, -0.1) is 0 Å². The number of hydrogen-bond donors (Lipinski definition) is 2. The van der Waals surface area contributed by atoms with Crippen LogP contribution in [0.2, 0.25) is 0 Å². The van der Waals surface area contributed by atoms with Crippen LogP contribution in [0, 0.1) is 0 Å². The molecule has 1 heterocycles. The number of urea groups is 1. The number of carbonyl (C=O) groups excluding carboxylic acids is 1. The summed E-state index contributed by atoms with van der Waals surface area (Å²) in [6, 6.07) is 0.0103. The summed E-state index contributed by atoms with van der Waals surface area (Å²) in [5.41, 5.74) is -0.0635. The molecule has 2 rings (SSSR count). The van der Waals surface area contributed by atoms with Crippen molar-refractivity contribution < 1.29 is 19.4 Å². The van der Waals surface area contributed by atoms with Crippen LogP contribution in [0.3, 0.4) is 0 Å². The minimum absolute atomic E-state index is 0.0103. The van der Waals surface area contributed by atoms with Crippen LogP contribution in [0.5, 0.6) is 0 Å². The highest BCUT2D eigenvalue weighted by Crippen LogP contribution is 2.28. The van der Waals surface area contributed by atoms with Crippen molar-refractivity contribution in [1.82, 2.24) is 10.2 Å². The Balaban J connectivity index is 1.73. The van der Waals surface area contributed by atoms with Crippen LogP contribution in [0.1, 0.15) is 51.9 Å². The van der Waals surface area contributed by atoms with Gasteiger partial charge in [0.05, 0.1) is 6.10 Å². The summed E-state index contributed by atoms with van der Waals surface area (Å²) in [5.74, 6) is -0.944. The molecule has 2 fully saturated rings. The van der Waals surface area contributed by atoms with Gasteiger partial charge in [-0.3, -0.25) is 0 Å². The van der Waals surface area contributed by atoms with Gasteiger partial charge in [0, 0.05) is 18.6 Å². The summed E-state index contributed by atoms with van der Waals surface area (Å²) in [4.78, 5) is 24.6. The predicted octanol–water partition coefficient (Wildman–Crippen LogP) is 1.98. The first-order valence-electron chi connectivity index (χ1n) is 7.89. The molecule has 0 aromatic rings. The number of carboxylic acid groups (broad SMARTS) is 1. The molecule has 2 amide bonds. The van der Waals surface area contributed by atoms with Gasteiger partial charge in [-0.1, -0.05) is 19.3 Å². The molecule has 2 aliphatic rings. The lowest BCUT2D eigenvalue weighted by molar-refractivity contribution is -0.145. The third kappa shape index (κ3) is 4.88. The zero-order valence-electron chi connectivity index (χ0n) is 12.8. The average Bonchev–Trinajstić information content (AvgIpc) is 2.46. The van der Waals surface area contributed by atoms with Crippen LogP contribution >= 0.6 is 0 Å². The molecule has 6 nitrogen and oxygen atoms in total. The van der Waals surface area contributed by atoms with Crippen molar-refractivity contribution in [2.45, 2.75) is 63.5 Å². The Labute approximate surface area is 125 Å². The minimum Gasteiger partial charge on any atom is -0.480 e. The first kappa shape index (κ1) is 16.1. The molecule has 1 saturated carbocycles. The summed E-state index contributed by atoms with van der Waals surface area (Å²) in [7, 11) is 0. The summed E-state index contributed by atoms with van der Waals surface area (Å²) in [6.45, 7) is 3.14. The lowest BCUT2D eigenvalue weighted by Crippen LogP contribution is -2.54. The van der Waals surface area contributed by atoms with Crippen LogP contribution in [-0.4, -0.2) is 53.3 Å². The van der Waals surface area contributed by atoms with E-state index in [4.69, 9.17) is 9.84 Å². The smallest absolute Gasteiger partial charge is 0.329 e. The molecule has 120 valence electrons. The lowest BCUT2D eigenvalue weighted by Gasteiger charge is -2.38. The first-order valence-corrected chi connectivity index (χ1v) is 7.89. The number of hydrogen-bond acceptors (Lipinski definition) is 3. The third-order valence-corrected chi connectivity index (χ3v) is 4.54. The molecule has 6 heteroatoms. The van der Waals surface area contributed by atoms with E-state index in [0.29, 0.717) is 25.9 Å². The molecule has 0 spiro atoms. The van der Waals surface area contributed by atoms with Crippen LogP contribution in [-0.2, 0) is 9.53 Å². The molecule has 0 radical (unpaired) electrons. The Bertz CT molecular complexity index is 372. The fraction of sp³-hybridized carbons (Fsp3) is 0.867.